The quantitative estimate of drug-likeness (QED) is 0.294. The molecule has 1 aromatic rings. The normalized spacial score (nSPS) is 6.95. The zero-order valence-electron chi connectivity index (χ0n) is 11.2. The van der Waals surface area contributed by atoms with Crippen molar-refractivity contribution < 1.29 is 34.9 Å². The zero-order chi connectivity index (χ0) is 14.7. The molecule has 0 aromatic heterocycles. The summed E-state index contributed by atoms with van der Waals surface area (Å²) in [6.07, 6.45) is 0. The first-order valence-electron chi connectivity index (χ1n) is 4.55. The Morgan fingerprint density at radius 1 is 1.45 bits per heavy atom. The number of rotatable bonds is 2. The van der Waals surface area contributed by atoms with E-state index in [0.29, 0.717) is 0 Å². The van der Waals surface area contributed by atoms with Crippen molar-refractivity contribution in [2.75, 3.05) is 13.3 Å². The zero-order valence-corrected chi connectivity index (χ0v) is 15.9. The van der Waals surface area contributed by atoms with E-state index >= 15 is 0 Å². The predicted octanol–water partition coefficient (Wildman–Crippen LogP) is 2.40. The van der Waals surface area contributed by atoms with Crippen molar-refractivity contribution in [1.29, 1.82) is 5.26 Å². The molecule has 2 atom stereocenters. The van der Waals surface area contributed by atoms with Gasteiger partial charge in [-0.1, -0.05) is 25.0 Å². The van der Waals surface area contributed by atoms with Crippen LogP contribution in [0.25, 0.3) is 0 Å². The molecule has 115 valence electrons. The number of nitro benzene ring substituents is 1. The molecule has 9 heteroatoms. The van der Waals surface area contributed by atoms with Gasteiger partial charge in [0.05, 0.1) is 6.07 Å². The van der Waals surface area contributed by atoms with Crippen molar-refractivity contribution in [3.8, 4) is 6.07 Å². The van der Waals surface area contributed by atoms with Crippen LogP contribution in [0, 0.1) is 34.9 Å². The van der Waals surface area contributed by atoms with Crippen molar-refractivity contribution >= 4 is 30.1 Å². The van der Waals surface area contributed by atoms with Gasteiger partial charge in [0.25, 0.3) is 0 Å². The Morgan fingerprint density at radius 2 is 1.90 bits per heavy atom. The molecule has 0 saturated heterocycles. The molecular weight excluding hydrogens is 478 g/mol. The molecule has 0 heterocycles. The summed E-state index contributed by atoms with van der Waals surface area (Å²) in [5.41, 5.74) is -1.07. The molecule has 0 aliphatic rings. The number of nitro groups is 1. The van der Waals surface area contributed by atoms with E-state index in [9.17, 15) is 14.9 Å². The number of aromatic carboxylic acids is 1. The Bertz CT molecular complexity index is 464. The van der Waals surface area contributed by atoms with Crippen LogP contribution < -0.4 is 0 Å². The number of nitrogens with zero attached hydrogens (tertiary/aromatic N) is 2. The summed E-state index contributed by atoms with van der Waals surface area (Å²) in [5.74, 6) is -1.32. The molecule has 1 N–H and O–H groups in total. The van der Waals surface area contributed by atoms with Gasteiger partial charge in [0.1, 0.15) is 0 Å². The molecule has 0 fully saturated rings. The minimum Gasteiger partial charge on any atom is -0.521 e. The second-order valence-corrected chi connectivity index (χ2v) is 2.32. The number of hydrogen-bond acceptors (Lipinski definition) is 4. The van der Waals surface area contributed by atoms with Crippen LogP contribution in [0.15, 0.2) is 12.1 Å². The van der Waals surface area contributed by atoms with Gasteiger partial charge in [0.15, 0.2) is 0 Å². The molecule has 1 radical (unpaired) electrons. The topological polar surface area (TPSA) is 104 Å². The maximum Gasteiger partial charge on any atom is 0.247 e. The van der Waals surface area contributed by atoms with Gasteiger partial charge in [-0.2, -0.15) is 0 Å². The van der Waals surface area contributed by atoms with Crippen LogP contribution in [0.3, 0.4) is 0 Å². The minimum absolute atomic E-state index is 0. The summed E-state index contributed by atoms with van der Waals surface area (Å²) in [5, 5.41) is 27.4. The first kappa shape index (κ1) is 27.4. The van der Waals surface area contributed by atoms with Crippen molar-refractivity contribution in [2.45, 2.75) is 0 Å². The summed E-state index contributed by atoms with van der Waals surface area (Å²) < 4.78 is 0. The fourth-order valence-corrected chi connectivity index (χ4v) is 0.844. The maximum absolute atomic E-state index is 10.4. The fourth-order valence-electron chi connectivity index (χ4n) is 0.844. The Balaban J connectivity index is -0.000000196. The van der Waals surface area contributed by atoms with Gasteiger partial charge in [-0.05, 0) is 0 Å². The molecule has 0 bridgehead atoms. The third-order valence-electron chi connectivity index (χ3n) is 1.48. The summed E-state index contributed by atoms with van der Waals surface area (Å²) >= 11 is 0. The van der Waals surface area contributed by atoms with E-state index in [1.54, 1.807) is 6.07 Å². The number of hydrogen-bond donors (Lipinski definition) is 1. The van der Waals surface area contributed by atoms with E-state index in [1.165, 1.54) is 0 Å². The van der Waals surface area contributed by atoms with Crippen LogP contribution in [-0.2, 0) is 20.1 Å². The van der Waals surface area contributed by atoms with Crippen molar-refractivity contribution in [2.24, 2.45) is 0 Å². The van der Waals surface area contributed by atoms with Crippen molar-refractivity contribution in [3.05, 3.63) is 46.9 Å². The van der Waals surface area contributed by atoms with Crippen LogP contribution in [-0.4, -0.2) is 29.3 Å². The van der Waals surface area contributed by atoms with Crippen LogP contribution >= 0.6 is 18.5 Å². The Hall–Kier alpha value is -0.911. The third kappa shape index (κ3) is 9.07. The molecule has 0 saturated carbocycles. The summed E-state index contributed by atoms with van der Waals surface area (Å²) in [6, 6.07) is 5.63. The van der Waals surface area contributed by atoms with Gasteiger partial charge in [-0.25, -0.2) is 5.26 Å². The monoisotopic (exact) mass is 495 g/mol. The predicted molar refractivity (Wildman–Crippen MR) is 81.3 cm³/mol. The molecule has 2 unspecified atom stereocenters. The Morgan fingerprint density at radius 3 is 2.20 bits per heavy atom. The summed E-state index contributed by atoms with van der Waals surface area (Å²) in [7, 11) is 4.83. The largest absolute Gasteiger partial charge is 0.521 e. The first-order chi connectivity index (χ1) is 8.56. The standard InChI is InChI=1S/C8H3N2O4.2CH5P.CH3.Ir/c9-4-6-2-1-5(8(11)12)3-7(6)10(13)14;2*1-2;;/h2-3H,(H,11,12);2*2H2,1H3;1H3;/q-1;;;-1;. The molecule has 6 nitrogen and oxygen atoms in total. The number of carbonyl (C=O) groups is 1. The van der Waals surface area contributed by atoms with Gasteiger partial charge in [-0.3, -0.25) is 10.1 Å². The molecular formula is C11H16IrN2O4P2-2. The van der Waals surface area contributed by atoms with E-state index in [2.05, 4.69) is 24.5 Å². The number of nitriles is 1. The van der Waals surface area contributed by atoms with Gasteiger partial charge in [-0.15, -0.1) is 30.6 Å². The van der Waals surface area contributed by atoms with Crippen LogP contribution in [0.2, 0.25) is 0 Å². The molecule has 1 rings (SSSR count). The fraction of sp³-hybridized carbons (Fsp3) is 0.182. The average molecular weight is 494 g/mol. The second-order valence-electron chi connectivity index (χ2n) is 2.32. The van der Waals surface area contributed by atoms with E-state index in [0.717, 1.165) is 12.1 Å². The number of benzene rings is 1. The molecule has 0 aliphatic carbocycles. The van der Waals surface area contributed by atoms with Crippen molar-refractivity contribution in [1.82, 2.24) is 0 Å². The molecule has 1 aromatic carbocycles. The molecule has 20 heavy (non-hydrogen) atoms. The molecule has 0 amide bonds. The van der Waals surface area contributed by atoms with Gasteiger partial charge < -0.3 is 17.3 Å². The molecule has 0 aliphatic heterocycles. The third-order valence-corrected chi connectivity index (χ3v) is 1.48. The first-order valence-corrected chi connectivity index (χ1v) is 6.86. The van der Waals surface area contributed by atoms with E-state index in [1.807, 2.05) is 13.3 Å². The number of carboxylic acids is 1. The summed E-state index contributed by atoms with van der Waals surface area (Å²) in [4.78, 5) is 20.0. The average Bonchev–Trinajstić information content (AvgIpc) is 2.42. The molecule has 0 spiro atoms. The van der Waals surface area contributed by atoms with Crippen LogP contribution in [0.5, 0.6) is 0 Å². The van der Waals surface area contributed by atoms with E-state index in [4.69, 9.17) is 10.4 Å². The van der Waals surface area contributed by atoms with Crippen molar-refractivity contribution in [3.63, 3.8) is 0 Å². The second kappa shape index (κ2) is 16.1. The SMILES string of the molecule is CP.CP.N#Cc1c[c-]c(C(=O)O)cc1[N+](=O)[O-].[CH3-].[Ir]. The van der Waals surface area contributed by atoms with Crippen LogP contribution in [0.4, 0.5) is 5.69 Å². The summed E-state index contributed by atoms with van der Waals surface area (Å²) in [6.45, 7) is 3.83. The van der Waals surface area contributed by atoms with E-state index in [-0.39, 0.29) is 38.7 Å². The smallest absolute Gasteiger partial charge is 0.247 e. The number of carboxylic acid groups (broad SMARTS) is 1. The van der Waals surface area contributed by atoms with E-state index < -0.39 is 16.6 Å². The van der Waals surface area contributed by atoms with Gasteiger partial charge in [0.2, 0.25) is 11.7 Å². The van der Waals surface area contributed by atoms with Gasteiger partial charge >= 0.3 is 0 Å². The Labute approximate surface area is 136 Å². The Kier molecular flexibility index (Phi) is 22.1. The maximum atomic E-state index is 10.4. The van der Waals surface area contributed by atoms with Gasteiger partial charge in [0, 0.05) is 30.6 Å². The van der Waals surface area contributed by atoms with Crippen LogP contribution in [0.1, 0.15) is 15.9 Å². The minimum atomic E-state index is -1.32.